The second kappa shape index (κ2) is 10.3. The molecule has 1 aromatic carbocycles. The Kier molecular flexibility index (Phi) is 7.24. The smallest absolute Gasteiger partial charge is 0.267 e. The monoisotopic (exact) mass is 472 g/mol. The summed E-state index contributed by atoms with van der Waals surface area (Å²) in [6.07, 6.45) is 3.59. The molecule has 2 N–H and O–H groups in total. The van der Waals surface area contributed by atoms with Gasteiger partial charge >= 0.3 is 0 Å². The van der Waals surface area contributed by atoms with Crippen LogP contribution in [0.5, 0.6) is 5.75 Å². The van der Waals surface area contributed by atoms with Gasteiger partial charge in [0.15, 0.2) is 0 Å². The summed E-state index contributed by atoms with van der Waals surface area (Å²) < 4.78 is 12.2. The first kappa shape index (κ1) is 23.2. The summed E-state index contributed by atoms with van der Waals surface area (Å²) in [5.41, 5.74) is 2.49. The zero-order chi connectivity index (χ0) is 23.4. The van der Waals surface area contributed by atoms with E-state index in [2.05, 4.69) is 15.6 Å². The molecule has 2 aliphatic rings. The number of benzene rings is 1. The predicted octanol–water partition coefficient (Wildman–Crippen LogP) is 2.69. The van der Waals surface area contributed by atoms with Crippen LogP contribution in [0.25, 0.3) is 0 Å². The molecule has 1 aromatic heterocycles. The van der Waals surface area contributed by atoms with Crippen LogP contribution in [0.15, 0.2) is 29.9 Å². The molecule has 1 saturated heterocycles. The first-order chi connectivity index (χ1) is 16.0. The lowest BCUT2D eigenvalue weighted by molar-refractivity contribution is -0.134. The van der Waals surface area contributed by atoms with E-state index in [1.54, 1.807) is 35.7 Å². The van der Waals surface area contributed by atoms with Gasteiger partial charge in [-0.15, -0.1) is 11.3 Å². The Morgan fingerprint density at radius 3 is 2.91 bits per heavy atom. The van der Waals surface area contributed by atoms with E-state index < -0.39 is 0 Å². The summed E-state index contributed by atoms with van der Waals surface area (Å²) in [5, 5.41) is 5.69. The van der Waals surface area contributed by atoms with Gasteiger partial charge in [0, 0.05) is 19.3 Å². The summed E-state index contributed by atoms with van der Waals surface area (Å²) in [6, 6.07) is 4.86. The lowest BCUT2D eigenvalue weighted by Gasteiger charge is -2.42. The third kappa shape index (κ3) is 5.33. The standard InChI is InChI=1S/C23H28N4O5S/c1-3-8-25-21(28)10-15-5-6-17-19(32-15)12-31-18-7-4-14(9-16(18)23(30)27(17)2)26-22(29)20-11-24-13-33-20/h4,7,9,11,13,15,17,19H,3,5-6,8,10,12H2,1-2H3,(H,25,28)(H,26,29)/t15-,17+,19-/m1/s1. The molecule has 0 aliphatic carbocycles. The van der Waals surface area contributed by atoms with Crippen molar-refractivity contribution in [3.8, 4) is 5.75 Å². The number of hydrogen-bond acceptors (Lipinski definition) is 7. The lowest BCUT2D eigenvalue weighted by atomic mass is 9.94. The molecule has 9 nitrogen and oxygen atoms in total. The molecule has 176 valence electrons. The van der Waals surface area contributed by atoms with Crippen LogP contribution in [0, 0.1) is 0 Å². The number of carbonyl (C=O) groups is 3. The minimum atomic E-state index is -0.324. The van der Waals surface area contributed by atoms with Crippen molar-refractivity contribution in [3.05, 3.63) is 40.3 Å². The van der Waals surface area contributed by atoms with Gasteiger partial charge in [0.1, 0.15) is 23.3 Å². The second-order valence-electron chi connectivity index (χ2n) is 8.25. The predicted molar refractivity (Wildman–Crippen MR) is 124 cm³/mol. The van der Waals surface area contributed by atoms with Gasteiger partial charge < -0.3 is 25.0 Å². The highest BCUT2D eigenvalue weighted by molar-refractivity contribution is 7.11. The molecule has 3 heterocycles. The van der Waals surface area contributed by atoms with E-state index in [1.165, 1.54) is 17.5 Å². The number of rotatable bonds is 6. The number of nitrogens with one attached hydrogen (secondary N) is 2. The molecular formula is C23H28N4O5S. The number of fused-ring (bicyclic) bond motifs is 2. The molecule has 1 fully saturated rings. The van der Waals surface area contributed by atoms with Gasteiger partial charge in [-0.2, -0.15) is 0 Å². The van der Waals surface area contributed by atoms with E-state index in [4.69, 9.17) is 9.47 Å². The Balaban J connectivity index is 1.46. The zero-order valence-corrected chi connectivity index (χ0v) is 19.5. The van der Waals surface area contributed by atoms with Crippen molar-refractivity contribution < 1.29 is 23.9 Å². The van der Waals surface area contributed by atoms with Crippen LogP contribution >= 0.6 is 11.3 Å². The van der Waals surface area contributed by atoms with E-state index in [1.807, 2.05) is 6.92 Å². The van der Waals surface area contributed by atoms with E-state index in [-0.39, 0.29) is 42.6 Å². The summed E-state index contributed by atoms with van der Waals surface area (Å²) in [5.74, 6) is -0.0571. The molecule has 2 aromatic rings. The van der Waals surface area contributed by atoms with Crippen molar-refractivity contribution in [2.45, 2.75) is 50.9 Å². The maximum atomic E-state index is 13.3. The van der Waals surface area contributed by atoms with E-state index in [0.717, 1.165) is 12.8 Å². The average Bonchev–Trinajstić information content (AvgIpc) is 3.36. The highest BCUT2D eigenvalue weighted by atomic mass is 32.1. The van der Waals surface area contributed by atoms with Crippen LogP contribution in [0.4, 0.5) is 5.69 Å². The SMILES string of the molecule is CCCNC(=O)C[C@H]1CC[C@H]2[C@@H](COc3ccc(NC(=O)c4cncs4)cc3C(=O)N2C)O1. The van der Waals surface area contributed by atoms with Crippen molar-refractivity contribution in [1.82, 2.24) is 15.2 Å². The topological polar surface area (TPSA) is 110 Å². The van der Waals surface area contributed by atoms with E-state index in [0.29, 0.717) is 41.3 Å². The minimum absolute atomic E-state index is 0.0188. The third-order valence-corrected chi connectivity index (χ3v) is 6.68. The van der Waals surface area contributed by atoms with E-state index >= 15 is 0 Å². The number of thiazole rings is 1. The zero-order valence-electron chi connectivity index (χ0n) is 18.7. The minimum Gasteiger partial charge on any atom is -0.490 e. The molecule has 33 heavy (non-hydrogen) atoms. The van der Waals surface area contributed by atoms with Gasteiger partial charge in [0.25, 0.3) is 11.8 Å². The Labute approximate surface area is 196 Å². The van der Waals surface area contributed by atoms with Crippen molar-refractivity contribution in [2.75, 3.05) is 25.5 Å². The number of aromatic nitrogens is 1. The summed E-state index contributed by atoms with van der Waals surface area (Å²) in [6.45, 7) is 2.94. The Morgan fingerprint density at radius 2 is 2.15 bits per heavy atom. The van der Waals surface area contributed by atoms with Crippen molar-refractivity contribution in [1.29, 1.82) is 0 Å². The molecule has 4 rings (SSSR count). The number of ether oxygens (including phenoxy) is 2. The molecule has 3 amide bonds. The van der Waals surface area contributed by atoms with Crippen LogP contribution in [0.2, 0.25) is 0 Å². The second-order valence-corrected chi connectivity index (χ2v) is 9.14. The van der Waals surface area contributed by atoms with Crippen LogP contribution in [-0.2, 0) is 9.53 Å². The number of likely N-dealkylation sites (N-methyl/N-ethyl adjacent to an activating group) is 1. The molecule has 0 bridgehead atoms. The Bertz CT molecular complexity index is 1010. The van der Waals surface area contributed by atoms with Crippen LogP contribution in [0.3, 0.4) is 0 Å². The molecule has 0 radical (unpaired) electrons. The maximum absolute atomic E-state index is 13.3. The van der Waals surface area contributed by atoms with Gasteiger partial charge in [-0.3, -0.25) is 19.4 Å². The van der Waals surface area contributed by atoms with Crippen molar-refractivity contribution >= 4 is 34.7 Å². The number of anilines is 1. The fourth-order valence-corrected chi connectivity index (χ4v) is 4.68. The lowest BCUT2D eigenvalue weighted by Crippen LogP contribution is -2.54. The Hall–Kier alpha value is -2.98. The first-order valence-electron chi connectivity index (χ1n) is 11.1. The molecule has 10 heteroatoms. The largest absolute Gasteiger partial charge is 0.490 e. The molecule has 0 saturated carbocycles. The normalized spacial score (nSPS) is 22.3. The van der Waals surface area contributed by atoms with Gasteiger partial charge in [-0.05, 0) is 37.5 Å². The highest BCUT2D eigenvalue weighted by Gasteiger charge is 2.39. The summed E-state index contributed by atoms with van der Waals surface area (Å²) in [4.78, 5) is 43.8. The molecule has 2 aliphatic heterocycles. The van der Waals surface area contributed by atoms with Crippen LogP contribution < -0.4 is 15.4 Å². The third-order valence-electron chi connectivity index (χ3n) is 5.91. The van der Waals surface area contributed by atoms with Crippen LogP contribution in [0.1, 0.15) is 52.6 Å². The maximum Gasteiger partial charge on any atom is 0.267 e. The Morgan fingerprint density at radius 1 is 1.30 bits per heavy atom. The quantitative estimate of drug-likeness (QED) is 0.669. The number of nitrogens with zero attached hydrogens (tertiary/aromatic N) is 2. The number of hydrogen-bond donors (Lipinski definition) is 2. The summed E-state index contributed by atoms with van der Waals surface area (Å²) >= 11 is 1.24. The fraction of sp³-hybridized carbons (Fsp3) is 0.478. The molecule has 0 spiro atoms. The molecular weight excluding hydrogens is 444 g/mol. The summed E-state index contributed by atoms with van der Waals surface area (Å²) in [7, 11) is 1.76. The number of amides is 3. The van der Waals surface area contributed by atoms with Gasteiger partial charge in [0.05, 0.1) is 35.8 Å². The van der Waals surface area contributed by atoms with Crippen molar-refractivity contribution in [3.63, 3.8) is 0 Å². The van der Waals surface area contributed by atoms with Crippen molar-refractivity contribution in [2.24, 2.45) is 0 Å². The highest BCUT2D eigenvalue weighted by Crippen LogP contribution is 2.32. The molecule has 3 atom stereocenters. The van der Waals surface area contributed by atoms with Gasteiger partial charge in [-0.25, -0.2) is 0 Å². The number of carbonyl (C=O) groups excluding carboxylic acids is 3. The fourth-order valence-electron chi connectivity index (χ4n) is 4.17. The molecule has 0 unspecified atom stereocenters. The van der Waals surface area contributed by atoms with E-state index in [9.17, 15) is 14.4 Å². The van der Waals surface area contributed by atoms with Crippen LogP contribution in [-0.4, -0.2) is 66.1 Å². The van der Waals surface area contributed by atoms with Gasteiger partial charge in [0.2, 0.25) is 5.91 Å². The first-order valence-corrected chi connectivity index (χ1v) is 12.0. The van der Waals surface area contributed by atoms with Gasteiger partial charge in [-0.1, -0.05) is 6.92 Å². The average molecular weight is 473 g/mol.